The Kier molecular flexibility index (Phi) is 5.85. The molecular weight excluding hydrogens is 412 g/mol. The van der Waals surface area contributed by atoms with Gasteiger partial charge in [0.15, 0.2) is 0 Å². The number of aromatic nitrogens is 2. The number of fused-ring (bicyclic) bond motifs is 1. The maximum Gasteiger partial charge on any atom is 0.119 e. The summed E-state index contributed by atoms with van der Waals surface area (Å²) < 4.78 is 13.7. The number of ether oxygens (including phenoxy) is 2. The van der Waals surface area contributed by atoms with Gasteiger partial charge in [-0.3, -0.25) is 0 Å². The van der Waals surface area contributed by atoms with Crippen LogP contribution < -0.4 is 4.74 Å². The van der Waals surface area contributed by atoms with Crippen molar-refractivity contribution >= 4 is 5.52 Å². The van der Waals surface area contributed by atoms with Crippen molar-refractivity contribution < 1.29 is 14.6 Å². The molecule has 1 atom stereocenters. The van der Waals surface area contributed by atoms with Crippen LogP contribution in [0.5, 0.6) is 5.75 Å². The highest BCUT2D eigenvalue weighted by Gasteiger charge is 2.34. The second-order valence-electron chi connectivity index (χ2n) is 10.2. The van der Waals surface area contributed by atoms with Crippen molar-refractivity contribution in [1.82, 2.24) is 9.38 Å². The van der Waals surface area contributed by atoms with Crippen molar-refractivity contribution in [3.05, 3.63) is 65.7 Å². The highest BCUT2D eigenvalue weighted by atomic mass is 16.5. The van der Waals surface area contributed by atoms with Gasteiger partial charge in [0.05, 0.1) is 43.1 Å². The molecule has 0 spiro atoms. The molecule has 6 rings (SSSR count). The van der Waals surface area contributed by atoms with Gasteiger partial charge in [0.1, 0.15) is 11.9 Å². The summed E-state index contributed by atoms with van der Waals surface area (Å²) in [6.07, 6.45) is 12.4. The zero-order chi connectivity index (χ0) is 22.2. The number of aliphatic hydroxyl groups excluding tert-OH is 1. The Morgan fingerprint density at radius 3 is 2.33 bits per heavy atom. The Balaban J connectivity index is 1.11. The van der Waals surface area contributed by atoms with Crippen LogP contribution >= 0.6 is 0 Å². The SMILES string of the molecule is O[C@H](c1c(C2CC2)ccc2cncn12)[C@H]1CC[C@@H](c2ccc(OC3CCOCC3)cc2)CC1. The van der Waals surface area contributed by atoms with Crippen molar-refractivity contribution in [3.8, 4) is 5.75 Å². The molecule has 174 valence electrons. The van der Waals surface area contributed by atoms with E-state index in [1.807, 2.05) is 12.5 Å². The lowest BCUT2D eigenvalue weighted by Crippen LogP contribution is -2.25. The molecule has 5 heteroatoms. The van der Waals surface area contributed by atoms with E-state index in [2.05, 4.69) is 45.8 Å². The van der Waals surface area contributed by atoms with Crippen LogP contribution in [0, 0.1) is 5.92 Å². The number of pyridine rings is 1. The third kappa shape index (κ3) is 4.41. The molecule has 2 aliphatic carbocycles. The van der Waals surface area contributed by atoms with Crippen molar-refractivity contribution in [1.29, 1.82) is 0 Å². The van der Waals surface area contributed by atoms with E-state index in [4.69, 9.17) is 9.47 Å². The maximum absolute atomic E-state index is 11.5. The molecule has 5 nitrogen and oxygen atoms in total. The van der Waals surface area contributed by atoms with E-state index >= 15 is 0 Å². The van der Waals surface area contributed by atoms with Crippen LogP contribution in [0.25, 0.3) is 5.52 Å². The molecule has 1 aliphatic heterocycles. The zero-order valence-corrected chi connectivity index (χ0v) is 19.2. The van der Waals surface area contributed by atoms with Crippen LogP contribution in [0.4, 0.5) is 0 Å². The maximum atomic E-state index is 11.5. The first-order valence-electron chi connectivity index (χ1n) is 12.7. The predicted octanol–water partition coefficient (Wildman–Crippen LogP) is 5.78. The minimum absolute atomic E-state index is 0.280. The second-order valence-corrected chi connectivity index (χ2v) is 10.2. The van der Waals surface area contributed by atoms with Gasteiger partial charge in [-0.05, 0) is 85.6 Å². The number of hydrogen-bond acceptors (Lipinski definition) is 4. The molecule has 1 saturated heterocycles. The Bertz CT molecular complexity index is 1070. The van der Waals surface area contributed by atoms with Crippen LogP contribution in [0.15, 0.2) is 48.9 Å². The lowest BCUT2D eigenvalue weighted by Gasteiger charge is -2.33. The summed E-state index contributed by atoms with van der Waals surface area (Å²) in [4.78, 5) is 4.34. The average Bonchev–Trinajstić information content (AvgIpc) is 3.60. The molecule has 0 unspecified atom stereocenters. The summed E-state index contributed by atoms with van der Waals surface area (Å²) in [5, 5.41) is 11.5. The fraction of sp³-hybridized carbons (Fsp3) is 0.536. The molecule has 3 aliphatic rings. The number of imidazole rings is 1. The molecule has 3 aromatic rings. The normalized spacial score (nSPS) is 25.2. The van der Waals surface area contributed by atoms with E-state index < -0.39 is 6.10 Å². The van der Waals surface area contributed by atoms with Gasteiger partial charge in [-0.1, -0.05) is 18.2 Å². The molecule has 33 heavy (non-hydrogen) atoms. The summed E-state index contributed by atoms with van der Waals surface area (Å²) in [6, 6.07) is 13.1. The van der Waals surface area contributed by atoms with Crippen molar-refractivity contribution in [2.45, 2.75) is 75.4 Å². The standard InChI is InChI=1S/C28H34N2O3/c31-28(27-26(21-3-4-21)12-9-23-17-29-18-30(23)27)22-5-1-19(2-6-22)20-7-10-24(11-8-20)33-25-13-15-32-16-14-25/h7-12,17-19,21-22,25,28,31H,1-6,13-16H2/t19-,22+,28-/m0/s1. The smallest absolute Gasteiger partial charge is 0.119 e. The van der Waals surface area contributed by atoms with Crippen LogP contribution in [-0.2, 0) is 4.74 Å². The summed E-state index contributed by atoms with van der Waals surface area (Å²) in [5.41, 5.74) is 4.89. The summed E-state index contributed by atoms with van der Waals surface area (Å²) in [5.74, 6) is 2.45. The lowest BCUT2D eigenvalue weighted by molar-refractivity contribution is 0.0255. The predicted molar refractivity (Wildman–Crippen MR) is 128 cm³/mol. The topological polar surface area (TPSA) is 56.0 Å². The minimum Gasteiger partial charge on any atom is -0.490 e. The van der Waals surface area contributed by atoms with E-state index in [0.717, 1.165) is 68.7 Å². The molecule has 0 amide bonds. The van der Waals surface area contributed by atoms with E-state index in [0.29, 0.717) is 17.8 Å². The first-order chi connectivity index (χ1) is 16.3. The van der Waals surface area contributed by atoms with Gasteiger partial charge in [-0.2, -0.15) is 0 Å². The molecular formula is C28H34N2O3. The Morgan fingerprint density at radius 2 is 1.61 bits per heavy atom. The van der Waals surface area contributed by atoms with Crippen LogP contribution in [0.3, 0.4) is 0 Å². The number of hydrogen-bond donors (Lipinski definition) is 1. The van der Waals surface area contributed by atoms with Crippen LogP contribution in [0.1, 0.15) is 86.1 Å². The van der Waals surface area contributed by atoms with Gasteiger partial charge in [0.25, 0.3) is 0 Å². The number of nitrogens with zero attached hydrogens (tertiary/aromatic N) is 2. The first kappa shape index (κ1) is 21.2. The van der Waals surface area contributed by atoms with Crippen LogP contribution in [0.2, 0.25) is 0 Å². The van der Waals surface area contributed by atoms with Crippen molar-refractivity contribution in [2.75, 3.05) is 13.2 Å². The number of rotatable bonds is 6. The van der Waals surface area contributed by atoms with E-state index in [1.54, 1.807) is 0 Å². The molecule has 1 aromatic carbocycles. The van der Waals surface area contributed by atoms with Crippen molar-refractivity contribution in [3.63, 3.8) is 0 Å². The Labute approximate surface area is 195 Å². The summed E-state index contributed by atoms with van der Waals surface area (Å²) in [6.45, 7) is 1.60. The quantitative estimate of drug-likeness (QED) is 0.522. The highest BCUT2D eigenvalue weighted by molar-refractivity contribution is 5.50. The molecule has 0 bridgehead atoms. The summed E-state index contributed by atoms with van der Waals surface area (Å²) in [7, 11) is 0. The first-order valence-corrected chi connectivity index (χ1v) is 12.7. The molecule has 2 aromatic heterocycles. The van der Waals surface area contributed by atoms with Gasteiger partial charge in [-0.15, -0.1) is 0 Å². The van der Waals surface area contributed by atoms with Gasteiger partial charge < -0.3 is 19.0 Å². The summed E-state index contributed by atoms with van der Waals surface area (Å²) >= 11 is 0. The van der Waals surface area contributed by atoms with Gasteiger partial charge >= 0.3 is 0 Å². The molecule has 3 fully saturated rings. The third-order valence-electron chi connectivity index (χ3n) is 7.99. The largest absolute Gasteiger partial charge is 0.490 e. The third-order valence-corrected chi connectivity index (χ3v) is 7.99. The fourth-order valence-corrected chi connectivity index (χ4v) is 5.88. The van der Waals surface area contributed by atoms with E-state index in [-0.39, 0.29) is 6.10 Å². The fourth-order valence-electron chi connectivity index (χ4n) is 5.88. The Hall–Kier alpha value is -2.37. The molecule has 2 saturated carbocycles. The molecule has 3 heterocycles. The molecule has 0 radical (unpaired) electrons. The van der Waals surface area contributed by atoms with Crippen molar-refractivity contribution in [2.24, 2.45) is 5.92 Å². The number of benzene rings is 1. The van der Waals surface area contributed by atoms with E-state index in [9.17, 15) is 5.11 Å². The molecule has 1 N–H and O–H groups in total. The highest BCUT2D eigenvalue weighted by Crippen LogP contribution is 2.47. The zero-order valence-electron chi connectivity index (χ0n) is 19.2. The van der Waals surface area contributed by atoms with Crippen LogP contribution in [-0.4, -0.2) is 33.8 Å². The average molecular weight is 447 g/mol. The van der Waals surface area contributed by atoms with E-state index in [1.165, 1.54) is 24.0 Å². The van der Waals surface area contributed by atoms with Gasteiger partial charge in [-0.25, -0.2) is 4.98 Å². The lowest BCUT2D eigenvalue weighted by atomic mass is 9.75. The minimum atomic E-state index is -0.422. The number of aliphatic hydroxyl groups is 1. The van der Waals surface area contributed by atoms with Gasteiger partial charge in [0, 0.05) is 12.8 Å². The second kappa shape index (κ2) is 9.11. The van der Waals surface area contributed by atoms with Gasteiger partial charge in [0.2, 0.25) is 0 Å². The Morgan fingerprint density at radius 1 is 0.879 bits per heavy atom. The monoisotopic (exact) mass is 446 g/mol.